The molecule has 0 radical (unpaired) electrons. The molecule has 0 unspecified atom stereocenters. The Morgan fingerprint density at radius 3 is 1.55 bits per heavy atom. The summed E-state index contributed by atoms with van der Waals surface area (Å²) >= 11 is 0. The Labute approximate surface area is 137 Å². The zero-order valence-electron chi connectivity index (χ0n) is 16.1. The summed E-state index contributed by atoms with van der Waals surface area (Å²) in [4.78, 5) is 12.7. The molecule has 0 aliphatic heterocycles. The third-order valence-electron chi connectivity index (χ3n) is 3.20. The molecule has 0 spiro atoms. The van der Waals surface area contributed by atoms with E-state index in [-0.39, 0.29) is 22.7 Å². The van der Waals surface area contributed by atoms with Gasteiger partial charge in [-0.15, -0.1) is 0 Å². The van der Waals surface area contributed by atoms with Gasteiger partial charge in [0.1, 0.15) is 0 Å². The Bertz CT molecular complexity index is 439. The topological polar surface area (TPSA) is 26.3 Å². The molecule has 0 amide bonds. The molecule has 1 aliphatic rings. The third kappa shape index (κ3) is 5.82. The Morgan fingerprint density at radius 1 is 0.909 bits per heavy atom. The van der Waals surface area contributed by atoms with Crippen molar-refractivity contribution in [1.82, 2.24) is 0 Å². The summed E-state index contributed by atoms with van der Waals surface area (Å²) in [5, 5.41) is 0. The maximum absolute atomic E-state index is 12.7. The van der Waals surface area contributed by atoms with Crippen LogP contribution in [0.5, 0.6) is 0 Å². The maximum atomic E-state index is 12.7. The van der Waals surface area contributed by atoms with Gasteiger partial charge < -0.3 is 4.74 Å². The van der Waals surface area contributed by atoms with E-state index in [9.17, 15) is 4.79 Å². The average Bonchev–Trinajstić information content (AvgIpc) is 2.37. The van der Waals surface area contributed by atoms with Gasteiger partial charge in [-0.3, -0.25) is 4.79 Å². The van der Waals surface area contributed by atoms with Gasteiger partial charge in [0, 0.05) is 16.7 Å². The fraction of sp³-hybridized carbons (Fsp3) is 0.650. The Kier molecular flexibility index (Phi) is 7.34. The molecule has 0 heterocycles. The van der Waals surface area contributed by atoms with Gasteiger partial charge in [0.25, 0.3) is 0 Å². The Hall–Kier alpha value is -1.31. The van der Waals surface area contributed by atoms with Crippen LogP contribution in [0, 0.1) is 10.8 Å². The molecule has 1 aliphatic carbocycles. The molecule has 0 atom stereocenters. The van der Waals surface area contributed by atoms with Crippen molar-refractivity contribution in [2.75, 3.05) is 0 Å². The third-order valence-corrected chi connectivity index (χ3v) is 3.20. The lowest BCUT2D eigenvalue weighted by Gasteiger charge is -2.31. The average molecular weight is 306 g/mol. The van der Waals surface area contributed by atoms with Crippen LogP contribution in [0.4, 0.5) is 0 Å². The van der Waals surface area contributed by atoms with Gasteiger partial charge in [0.2, 0.25) is 0 Å². The highest BCUT2D eigenvalue weighted by molar-refractivity contribution is 6.11. The molecular formula is C20H34O2. The highest BCUT2D eigenvalue weighted by atomic mass is 16.5. The fourth-order valence-electron chi connectivity index (χ4n) is 2.05. The van der Waals surface area contributed by atoms with Gasteiger partial charge >= 0.3 is 0 Å². The van der Waals surface area contributed by atoms with Crippen molar-refractivity contribution >= 4 is 5.78 Å². The van der Waals surface area contributed by atoms with E-state index in [0.717, 1.165) is 16.7 Å². The number of ether oxygens (including phenoxy) is 1. The van der Waals surface area contributed by atoms with Crippen molar-refractivity contribution in [1.29, 1.82) is 0 Å². The first kappa shape index (κ1) is 20.7. The van der Waals surface area contributed by atoms with Crippen LogP contribution in [-0.4, -0.2) is 11.9 Å². The second kappa shape index (κ2) is 7.80. The SMILES string of the molecule is CC.CC(C)OC=C1C=C(C(C)(C)C)C(=O)C(C(C)(C)C)=C1. The van der Waals surface area contributed by atoms with Crippen molar-refractivity contribution < 1.29 is 9.53 Å². The second-order valence-corrected chi connectivity index (χ2v) is 7.75. The molecule has 0 fully saturated rings. The minimum atomic E-state index is -0.168. The monoisotopic (exact) mass is 306 g/mol. The quantitative estimate of drug-likeness (QED) is 0.598. The van der Waals surface area contributed by atoms with Crippen LogP contribution in [0.1, 0.15) is 69.2 Å². The van der Waals surface area contributed by atoms with E-state index in [1.807, 2.05) is 39.8 Å². The van der Waals surface area contributed by atoms with E-state index >= 15 is 0 Å². The first-order valence-electron chi connectivity index (χ1n) is 8.27. The van der Waals surface area contributed by atoms with Gasteiger partial charge in [0.15, 0.2) is 5.78 Å². The summed E-state index contributed by atoms with van der Waals surface area (Å²) in [6, 6.07) is 0. The summed E-state index contributed by atoms with van der Waals surface area (Å²) in [7, 11) is 0. The van der Waals surface area contributed by atoms with Crippen LogP contribution in [0.2, 0.25) is 0 Å². The normalized spacial score (nSPS) is 15.8. The molecule has 1 rings (SSSR count). The molecule has 0 bridgehead atoms. The van der Waals surface area contributed by atoms with Crippen LogP contribution in [0.25, 0.3) is 0 Å². The van der Waals surface area contributed by atoms with Crippen LogP contribution in [0.15, 0.2) is 35.1 Å². The molecule has 2 heteroatoms. The van der Waals surface area contributed by atoms with Crippen molar-refractivity contribution in [2.45, 2.75) is 75.3 Å². The van der Waals surface area contributed by atoms with Crippen molar-refractivity contribution in [3.8, 4) is 0 Å². The molecule has 22 heavy (non-hydrogen) atoms. The van der Waals surface area contributed by atoms with Crippen molar-refractivity contribution in [3.63, 3.8) is 0 Å². The predicted octanol–water partition coefficient (Wildman–Crippen LogP) is 5.85. The second-order valence-electron chi connectivity index (χ2n) is 7.75. The van der Waals surface area contributed by atoms with Crippen molar-refractivity contribution in [2.24, 2.45) is 10.8 Å². The Balaban J connectivity index is 0.00000211. The highest BCUT2D eigenvalue weighted by Crippen LogP contribution is 2.38. The lowest BCUT2D eigenvalue weighted by atomic mass is 9.72. The summed E-state index contributed by atoms with van der Waals surface area (Å²) in [6.07, 6.45) is 5.81. The first-order chi connectivity index (χ1) is 9.93. The molecule has 0 saturated carbocycles. The van der Waals surface area contributed by atoms with E-state index in [4.69, 9.17) is 4.74 Å². The van der Waals surface area contributed by atoms with Crippen LogP contribution in [-0.2, 0) is 9.53 Å². The lowest BCUT2D eigenvalue weighted by molar-refractivity contribution is -0.114. The number of Topliss-reactive ketones (excluding diaryl/α,β-unsaturated/α-hetero) is 1. The number of hydrogen-bond donors (Lipinski definition) is 0. The van der Waals surface area contributed by atoms with Gasteiger partial charge in [-0.1, -0.05) is 55.4 Å². The minimum absolute atomic E-state index is 0.137. The number of rotatable bonds is 2. The zero-order chi connectivity index (χ0) is 17.7. The molecule has 0 saturated heterocycles. The van der Waals surface area contributed by atoms with Crippen molar-refractivity contribution in [3.05, 3.63) is 35.1 Å². The summed E-state index contributed by atoms with van der Waals surface area (Å²) in [5.41, 5.74) is 2.33. The molecule has 2 nitrogen and oxygen atoms in total. The maximum Gasteiger partial charge on any atom is 0.186 e. The molecule has 0 N–H and O–H groups in total. The standard InChI is InChI=1S/C18H28O2.C2H6/c1-12(2)20-11-13-9-14(17(3,4)5)16(19)15(10-13)18(6,7)8;1-2/h9-12H,1-8H3;1-2H3. The van der Waals surface area contributed by atoms with E-state index < -0.39 is 0 Å². The number of ketones is 1. The molecular weight excluding hydrogens is 272 g/mol. The largest absolute Gasteiger partial charge is 0.498 e. The number of carbonyl (C=O) groups excluding carboxylic acids is 1. The Morgan fingerprint density at radius 2 is 1.27 bits per heavy atom. The van der Waals surface area contributed by atoms with E-state index in [1.54, 1.807) is 6.26 Å². The number of carbonyl (C=O) groups is 1. The van der Waals surface area contributed by atoms with E-state index in [2.05, 4.69) is 41.5 Å². The predicted molar refractivity (Wildman–Crippen MR) is 95.7 cm³/mol. The summed E-state index contributed by atoms with van der Waals surface area (Å²) in [6.45, 7) is 20.4. The van der Waals surface area contributed by atoms with Crippen LogP contribution < -0.4 is 0 Å². The summed E-state index contributed by atoms with van der Waals surface area (Å²) in [5.74, 6) is 0.159. The zero-order valence-corrected chi connectivity index (χ0v) is 16.1. The molecule has 0 aromatic carbocycles. The minimum Gasteiger partial charge on any atom is -0.498 e. The molecule has 126 valence electrons. The van der Waals surface area contributed by atoms with E-state index in [0.29, 0.717) is 0 Å². The first-order valence-corrected chi connectivity index (χ1v) is 8.27. The van der Waals surface area contributed by atoms with Gasteiger partial charge in [-0.05, 0) is 36.8 Å². The molecule has 0 aromatic heterocycles. The van der Waals surface area contributed by atoms with Crippen LogP contribution >= 0.6 is 0 Å². The van der Waals surface area contributed by atoms with Gasteiger partial charge in [-0.25, -0.2) is 0 Å². The van der Waals surface area contributed by atoms with E-state index in [1.165, 1.54) is 0 Å². The molecule has 0 aromatic rings. The number of allylic oxidation sites excluding steroid dienone is 5. The lowest BCUT2D eigenvalue weighted by Crippen LogP contribution is -2.28. The smallest absolute Gasteiger partial charge is 0.186 e. The summed E-state index contributed by atoms with van der Waals surface area (Å²) < 4.78 is 5.58. The van der Waals surface area contributed by atoms with Crippen LogP contribution in [0.3, 0.4) is 0 Å². The van der Waals surface area contributed by atoms with Gasteiger partial charge in [-0.2, -0.15) is 0 Å². The number of hydrogen-bond acceptors (Lipinski definition) is 2. The fourth-order valence-corrected chi connectivity index (χ4v) is 2.05. The van der Waals surface area contributed by atoms with Gasteiger partial charge in [0.05, 0.1) is 12.4 Å². The highest BCUT2D eigenvalue weighted by Gasteiger charge is 2.34.